The number of ether oxygens (including phenoxy) is 1. The van der Waals surface area contributed by atoms with Crippen molar-refractivity contribution >= 4 is 23.5 Å². The molecule has 0 aliphatic carbocycles. The SMILES string of the molecule is COc1ccc(/C=C\c2[nH]c(=O)[nH]c(=O)c2[N+](=O)[O-])cc1[N+](=O)[O-]. The van der Waals surface area contributed by atoms with Gasteiger partial charge < -0.3 is 9.72 Å². The molecule has 2 aromatic rings. The molecule has 1 aromatic carbocycles. The van der Waals surface area contributed by atoms with Crippen LogP contribution >= 0.6 is 0 Å². The zero-order valence-electron chi connectivity index (χ0n) is 12.1. The lowest BCUT2D eigenvalue weighted by Crippen LogP contribution is -2.25. The van der Waals surface area contributed by atoms with Crippen molar-refractivity contribution in [1.29, 1.82) is 0 Å². The number of hydrogen-bond acceptors (Lipinski definition) is 7. The Kier molecular flexibility index (Phi) is 4.54. The van der Waals surface area contributed by atoms with Gasteiger partial charge in [-0.2, -0.15) is 0 Å². The molecule has 0 unspecified atom stereocenters. The standard InChI is InChI=1S/C13H10N4O7/c1-24-10-5-3-7(6-9(10)16(20)21)2-4-8-11(17(22)23)12(18)15-13(19)14-8/h2-6H,1H3,(H2,14,15,18,19)/b4-2-. The van der Waals surface area contributed by atoms with Crippen molar-refractivity contribution in [3.63, 3.8) is 0 Å². The van der Waals surface area contributed by atoms with Crippen LogP contribution in [-0.2, 0) is 0 Å². The topological polar surface area (TPSA) is 161 Å². The van der Waals surface area contributed by atoms with E-state index < -0.39 is 26.8 Å². The molecule has 0 saturated carbocycles. The zero-order chi connectivity index (χ0) is 17.9. The van der Waals surface area contributed by atoms with Crippen LogP contribution in [-0.4, -0.2) is 26.9 Å². The quantitative estimate of drug-likeness (QED) is 0.610. The summed E-state index contributed by atoms with van der Waals surface area (Å²) in [6, 6.07) is 4.01. The molecule has 2 rings (SSSR count). The minimum Gasteiger partial charge on any atom is -0.490 e. The first kappa shape index (κ1) is 16.6. The maximum Gasteiger partial charge on any atom is 0.357 e. The van der Waals surface area contributed by atoms with Crippen molar-refractivity contribution in [3.05, 3.63) is 70.5 Å². The highest BCUT2D eigenvalue weighted by atomic mass is 16.6. The molecule has 0 aliphatic heterocycles. The molecule has 0 fully saturated rings. The van der Waals surface area contributed by atoms with Gasteiger partial charge in [-0.15, -0.1) is 0 Å². The van der Waals surface area contributed by atoms with E-state index in [1.807, 2.05) is 0 Å². The second-order valence-corrected chi connectivity index (χ2v) is 4.45. The van der Waals surface area contributed by atoms with E-state index in [0.717, 1.165) is 6.08 Å². The number of nitro groups is 2. The molecule has 1 aromatic heterocycles. The first-order valence-electron chi connectivity index (χ1n) is 6.35. The number of benzene rings is 1. The first-order chi connectivity index (χ1) is 11.3. The fourth-order valence-corrected chi connectivity index (χ4v) is 1.93. The minimum atomic E-state index is -1.15. The Morgan fingerprint density at radius 3 is 2.38 bits per heavy atom. The van der Waals surface area contributed by atoms with Crippen molar-refractivity contribution in [3.8, 4) is 5.75 Å². The third-order valence-corrected chi connectivity index (χ3v) is 2.97. The van der Waals surface area contributed by atoms with E-state index in [0.29, 0.717) is 5.56 Å². The number of H-pyrrole nitrogens is 2. The Morgan fingerprint density at radius 1 is 1.08 bits per heavy atom. The van der Waals surface area contributed by atoms with Gasteiger partial charge in [-0.1, -0.05) is 12.1 Å². The maximum atomic E-state index is 11.5. The molecule has 0 radical (unpaired) electrons. The molecule has 0 amide bonds. The highest BCUT2D eigenvalue weighted by molar-refractivity contribution is 5.73. The highest BCUT2D eigenvalue weighted by Crippen LogP contribution is 2.28. The Balaban J connectivity index is 2.51. The van der Waals surface area contributed by atoms with Gasteiger partial charge in [0.1, 0.15) is 5.69 Å². The van der Waals surface area contributed by atoms with E-state index in [-0.39, 0.29) is 17.1 Å². The van der Waals surface area contributed by atoms with Crippen LogP contribution in [0.2, 0.25) is 0 Å². The van der Waals surface area contributed by atoms with Crippen LogP contribution in [0.15, 0.2) is 27.8 Å². The molecule has 11 heteroatoms. The largest absolute Gasteiger partial charge is 0.490 e. The molecule has 0 aliphatic rings. The molecule has 0 spiro atoms. The average Bonchev–Trinajstić information content (AvgIpc) is 2.51. The first-order valence-corrected chi connectivity index (χ1v) is 6.35. The third kappa shape index (κ3) is 3.35. The predicted octanol–water partition coefficient (Wildman–Crippen LogP) is 1.06. The third-order valence-electron chi connectivity index (χ3n) is 2.97. The molecule has 24 heavy (non-hydrogen) atoms. The fraction of sp³-hybridized carbons (Fsp3) is 0.0769. The number of nitrogens with zero attached hydrogens (tertiary/aromatic N) is 2. The van der Waals surface area contributed by atoms with E-state index in [1.54, 1.807) is 4.98 Å². The van der Waals surface area contributed by atoms with Crippen molar-refractivity contribution in [2.75, 3.05) is 7.11 Å². The predicted molar refractivity (Wildman–Crippen MR) is 82.9 cm³/mol. The summed E-state index contributed by atoms with van der Waals surface area (Å²) in [6.07, 6.45) is 2.39. The second kappa shape index (κ2) is 6.56. The van der Waals surface area contributed by atoms with E-state index in [2.05, 4.69) is 4.98 Å². The molecule has 2 N–H and O–H groups in total. The van der Waals surface area contributed by atoms with Gasteiger partial charge in [-0.3, -0.25) is 30.0 Å². The van der Waals surface area contributed by atoms with Gasteiger partial charge >= 0.3 is 22.6 Å². The fourth-order valence-electron chi connectivity index (χ4n) is 1.93. The van der Waals surface area contributed by atoms with Gasteiger partial charge in [0.2, 0.25) is 0 Å². The Morgan fingerprint density at radius 2 is 1.79 bits per heavy atom. The summed E-state index contributed by atoms with van der Waals surface area (Å²) in [6.45, 7) is 0. The van der Waals surface area contributed by atoms with E-state index >= 15 is 0 Å². The summed E-state index contributed by atoms with van der Waals surface area (Å²) < 4.78 is 4.86. The van der Waals surface area contributed by atoms with Crippen LogP contribution in [0, 0.1) is 20.2 Å². The number of hydrogen-bond donors (Lipinski definition) is 2. The smallest absolute Gasteiger partial charge is 0.357 e. The van der Waals surface area contributed by atoms with Crippen molar-refractivity contribution in [2.45, 2.75) is 0 Å². The number of nitro benzene ring substituents is 1. The van der Waals surface area contributed by atoms with Gasteiger partial charge in [0.25, 0.3) is 0 Å². The van der Waals surface area contributed by atoms with Crippen molar-refractivity contribution in [2.24, 2.45) is 0 Å². The van der Waals surface area contributed by atoms with Crippen LogP contribution in [0.5, 0.6) is 5.75 Å². The summed E-state index contributed by atoms with van der Waals surface area (Å²) in [5, 5.41) is 21.9. The molecule has 0 saturated heterocycles. The summed E-state index contributed by atoms with van der Waals surface area (Å²) >= 11 is 0. The molecule has 0 bridgehead atoms. The van der Waals surface area contributed by atoms with Crippen LogP contribution in [0.3, 0.4) is 0 Å². The minimum absolute atomic E-state index is 0.0488. The number of methoxy groups -OCH3 is 1. The van der Waals surface area contributed by atoms with E-state index in [1.165, 1.54) is 31.4 Å². The molecular formula is C13H10N4O7. The van der Waals surface area contributed by atoms with E-state index in [9.17, 15) is 29.8 Å². The molecule has 124 valence electrons. The number of nitrogens with one attached hydrogen (secondary N) is 2. The number of rotatable bonds is 5. The summed E-state index contributed by atoms with van der Waals surface area (Å²) in [4.78, 5) is 46.9. The lowest BCUT2D eigenvalue weighted by Gasteiger charge is -2.02. The van der Waals surface area contributed by atoms with Crippen molar-refractivity contribution < 1.29 is 14.6 Å². The van der Waals surface area contributed by atoms with Gasteiger partial charge in [0.15, 0.2) is 5.75 Å². The van der Waals surface area contributed by atoms with Gasteiger partial charge in [0, 0.05) is 6.07 Å². The Hall–Kier alpha value is -3.76. The Labute approximate surface area is 132 Å². The van der Waals surface area contributed by atoms with Crippen molar-refractivity contribution in [1.82, 2.24) is 9.97 Å². The average molecular weight is 334 g/mol. The lowest BCUT2D eigenvalue weighted by atomic mass is 10.1. The van der Waals surface area contributed by atoms with Gasteiger partial charge in [-0.25, -0.2) is 4.79 Å². The van der Waals surface area contributed by atoms with E-state index in [4.69, 9.17) is 4.74 Å². The second-order valence-electron chi connectivity index (χ2n) is 4.45. The van der Waals surface area contributed by atoms with Crippen LogP contribution < -0.4 is 16.0 Å². The zero-order valence-corrected chi connectivity index (χ0v) is 12.1. The molecular weight excluding hydrogens is 324 g/mol. The molecule has 1 heterocycles. The monoisotopic (exact) mass is 334 g/mol. The van der Waals surface area contributed by atoms with Crippen LogP contribution in [0.4, 0.5) is 11.4 Å². The molecule has 0 atom stereocenters. The normalized spacial score (nSPS) is 10.7. The Bertz CT molecular complexity index is 958. The molecule has 11 nitrogen and oxygen atoms in total. The summed E-state index contributed by atoms with van der Waals surface area (Å²) in [7, 11) is 1.28. The number of aromatic nitrogens is 2. The van der Waals surface area contributed by atoms with Crippen LogP contribution in [0.1, 0.15) is 11.3 Å². The highest BCUT2D eigenvalue weighted by Gasteiger charge is 2.19. The lowest BCUT2D eigenvalue weighted by molar-refractivity contribution is -0.386. The maximum absolute atomic E-state index is 11.5. The van der Waals surface area contributed by atoms with Crippen LogP contribution in [0.25, 0.3) is 12.2 Å². The number of aromatic amines is 2. The summed E-state index contributed by atoms with van der Waals surface area (Å²) in [5.41, 5.74) is -3.21. The van der Waals surface area contributed by atoms with Gasteiger partial charge in [0.05, 0.1) is 17.0 Å². The summed E-state index contributed by atoms with van der Waals surface area (Å²) in [5.74, 6) is 0.0488. The van der Waals surface area contributed by atoms with Gasteiger partial charge in [-0.05, 0) is 17.7 Å².